The van der Waals surface area contributed by atoms with Gasteiger partial charge in [0, 0.05) is 6.20 Å². The van der Waals surface area contributed by atoms with Crippen molar-refractivity contribution in [3.63, 3.8) is 0 Å². The lowest BCUT2D eigenvalue weighted by Crippen LogP contribution is -1.95. The Balaban J connectivity index is 2.66. The van der Waals surface area contributed by atoms with Gasteiger partial charge in [-0.1, -0.05) is 0 Å². The maximum atomic E-state index is 10.3. The van der Waals surface area contributed by atoms with E-state index in [4.69, 9.17) is 0 Å². The lowest BCUT2D eigenvalue weighted by atomic mass is 10.3. The molecule has 2 nitrogen and oxygen atoms in total. The van der Waals surface area contributed by atoms with Crippen LogP contribution in [-0.4, -0.2) is 12.0 Å². The van der Waals surface area contributed by atoms with Gasteiger partial charge in [-0.25, -0.2) is 0 Å². The van der Waals surface area contributed by atoms with Crippen molar-refractivity contribution in [1.29, 1.82) is 0 Å². The van der Waals surface area contributed by atoms with E-state index in [1.54, 1.807) is 0 Å². The molecule has 0 aromatic heterocycles. The van der Waals surface area contributed by atoms with Crippen molar-refractivity contribution >= 4 is 12.0 Å². The number of ketones is 1. The third kappa shape index (κ3) is 0.961. The quantitative estimate of drug-likeness (QED) is 0.427. The Morgan fingerprint density at radius 1 is 1.86 bits per heavy atom. The summed E-state index contributed by atoms with van der Waals surface area (Å²) in [6.45, 7) is 0. The van der Waals surface area contributed by atoms with E-state index in [-0.39, 0.29) is 5.78 Å². The molecule has 7 heavy (non-hydrogen) atoms. The predicted octanol–water partition coefficient (Wildman–Crippen LogP) is 0.421. The largest absolute Gasteiger partial charge is 0.294 e. The molecule has 0 aromatic rings. The molecule has 35 valence electrons. The molecule has 0 N–H and O–H groups in total. The maximum absolute atomic E-state index is 10.3. The van der Waals surface area contributed by atoms with E-state index in [0.717, 1.165) is 0 Å². The minimum absolute atomic E-state index is 0.0787. The third-order valence-corrected chi connectivity index (χ3v) is 0.680. The smallest absolute Gasteiger partial charge is 0.163 e. The maximum Gasteiger partial charge on any atom is 0.163 e. The van der Waals surface area contributed by atoms with Crippen LogP contribution in [0.2, 0.25) is 0 Å². The molecule has 0 fully saturated rings. The van der Waals surface area contributed by atoms with E-state index in [2.05, 4.69) is 11.2 Å². The molecule has 1 aliphatic rings. The van der Waals surface area contributed by atoms with Crippen LogP contribution in [0.25, 0.3) is 0 Å². The van der Waals surface area contributed by atoms with Crippen LogP contribution in [-0.2, 0) is 4.79 Å². The van der Waals surface area contributed by atoms with Crippen LogP contribution in [0.3, 0.4) is 0 Å². The van der Waals surface area contributed by atoms with Crippen molar-refractivity contribution in [1.82, 2.24) is 0 Å². The summed E-state index contributed by atoms with van der Waals surface area (Å²) in [5.74, 6) is 0.0787. The van der Waals surface area contributed by atoms with E-state index in [1.165, 1.54) is 12.3 Å². The summed E-state index contributed by atoms with van der Waals surface area (Å²) in [4.78, 5) is 13.8. The molecule has 0 spiro atoms. The molecular formula is C5H4NO. The first-order valence-corrected chi connectivity index (χ1v) is 2.02. The second-order valence-corrected chi connectivity index (χ2v) is 1.25. The van der Waals surface area contributed by atoms with Crippen molar-refractivity contribution in [2.24, 2.45) is 4.99 Å². The van der Waals surface area contributed by atoms with Crippen LogP contribution in [0.4, 0.5) is 0 Å². The summed E-state index contributed by atoms with van der Waals surface area (Å²) in [6.07, 6.45) is 5.76. The first-order chi connectivity index (χ1) is 3.39. The van der Waals surface area contributed by atoms with Crippen LogP contribution < -0.4 is 0 Å². The fraction of sp³-hybridized carbons (Fsp3) is 0.200. The Morgan fingerprint density at radius 3 is 3.00 bits per heavy atom. The summed E-state index contributed by atoms with van der Waals surface area (Å²) in [7, 11) is 0. The zero-order valence-corrected chi connectivity index (χ0v) is 3.72. The van der Waals surface area contributed by atoms with Gasteiger partial charge in [0.05, 0.1) is 12.6 Å². The van der Waals surface area contributed by atoms with Crippen molar-refractivity contribution in [2.75, 3.05) is 0 Å². The van der Waals surface area contributed by atoms with Gasteiger partial charge in [0.1, 0.15) is 0 Å². The summed E-state index contributed by atoms with van der Waals surface area (Å²) >= 11 is 0. The van der Waals surface area contributed by atoms with Crippen molar-refractivity contribution in [2.45, 2.75) is 6.42 Å². The zero-order chi connectivity index (χ0) is 5.11. The number of hydrogen-bond acceptors (Lipinski definition) is 2. The van der Waals surface area contributed by atoms with Crippen LogP contribution >= 0.6 is 0 Å². The first kappa shape index (κ1) is 4.24. The molecule has 1 heterocycles. The molecule has 0 bridgehead atoms. The molecule has 0 atom stereocenters. The molecule has 0 saturated heterocycles. The molecule has 1 aliphatic heterocycles. The molecule has 0 aromatic carbocycles. The van der Waals surface area contributed by atoms with Crippen molar-refractivity contribution in [3.8, 4) is 0 Å². The highest BCUT2D eigenvalue weighted by atomic mass is 16.1. The second-order valence-electron chi connectivity index (χ2n) is 1.25. The molecule has 0 aliphatic carbocycles. The number of nitrogens with zero attached hydrogens (tertiary/aromatic N) is 1. The van der Waals surface area contributed by atoms with E-state index in [1.807, 2.05) is 0 Å². The summed E-state index contributed by atoms with van der Waals surface area (Å²) in [5, 5.41) is 0. The van der Waals surface area contributed by atoms with Gasteiger partial charge in [-0.2, -0.15) is 0 Å². The van der Waals surface area contributed by atoms with Crippen molar-refractivity contribution in [3.05, 3.63) is 12.3 Å². The number of aliphatic imine (C=N–C) groups is 1. The average molecular weight is 94.1 g/mol. The minimum Gasteiger partial charge on any atom is -0.294 e. The van der Waals surface area contributed by atoms with Gasteiger partial charge >= 0.3 is 0 Å². The molecule has 0 saturated carbocycles. The highest BCUT2D eigenvalue weighted by Gasteiger charge is 1.94. The fourth-order valence-corrected chi connectivity index (χ4v) is 0.356. The Hall–Kier alpha value is -0.920. The number of carbonyl (C=O) groups excluding carboxylic acids is 1. The molecule has 2 heteroatoms. The number of rotatable bonds is 0. The van der Waals surface area contributed by atoms with Gasteiger partial charge in [0.2, 0.25) is 0 Å². The van der Waals surface area contributed by atoms with Crippen LogP contribution in [0.15, 0.2) is 17.3 Å². The summed E-state index contributed by atoms with van der Waals surface area (Å²) in [5.41, 5.74) is 0. The van der Waals surface area contributed by atoms with E-state index in [0.29, 0.717) is 6.42 Å². The van der Waals surface area contributed by atoms with Gasteiger partial charge in [-0.15, -0.1) is 0 Å². The lowest BCUT2D eigenvalue weighted by molar-refractivity contribution is -0.113. The fourth-order valence-electron chi connectivity index (χ4n) is 0.356. The van der Waals surface area contributed by atoms with E-state index in [9.17, 15) is 4.79 Å². The Bertz CT molecular complexity index is 135. The Labute approximate surface area is 41.6 Å². The minimum atomic E-state index is 0.0787. The summed E-state index contributed by atoms with van der Waals surface area (Å²) in [6, 6.07) is 0. The number of allylic oxidation sites excluding steroid dienone is 1. The first-order valence-electron chi connectivity index (χ1n) is 2.02. The Kier molecular flexibility index (Phi) is 1.02. The Morgan fingerprint density at radius 2 is 2.71 bits per heavy atom. The van der Waals surface area contributed by atoms with Gasteiger partial charge in [-0.3, -0.25) is 9.79 Å². The molecule has 1 rings (SSSR count). The van der Waals surface area contributed by atoms with E-state index >= 15 is 0 Å². The molecule has 1 radical (unpaired) electrons. The second kappa shape index (κ2) is 1.69. The van der Waals surface area contributed by atoms with Crippen LogP contribution in [0, 0.1) is 0 Å². The average Bonchev–Trinajstić information content (AvgIpc) is 1.69. The predicted molar refractivity (Wildman–Crippen MR) is 26.2 cm³/mol. The molecule has 0 amide bonds. The highest BCUT2D eigenvalue weighted by molar-refractivity contribution is 6.00. The van der Waals surface area contributed by atoms with Crippen molar-refractivity contribution < 1.29 is 4.79 Å². The standard InChI is InChI=1S/C5H4NO/c7-5-1-3-6-4-2-5/h1,3H,2H2. The molecular weight excluding hydrogens is 90.1 g/mol. The SMILES string of the molecule is O=C1C=CN=[C]C1. The zero-order valence-electron chi connectivity index (χ0n) is 3.72. The topological polar surface area (TPSA) is 29.4 Å². The van der Waals surface area contributed by atoms with Crippen LogP contribution in [0.5, 0.6) is 0 Å². The number of carbonyl (C=O) groups is 1. The third-order valence-electron chi connectivity index (χ3n) is 0.680. The molecule has 0 unspecified atom stereocenters. The highest BCUT2D eigenvalue weighted by Crippen LogP contribution is 1.88. The van der Waals surface area contributed by atoms with Gasteiger partial charge in [-0.05, 0) is 6.08 Å². The number of hydrogen-bond donors (Lipinski definition) is 0. The van der Waals surface area contributed by atoms with Gasteiger partial charge in [0.25, 0.3) is 0 Å². The van der Waals surface area contributed by atoms with Crippen LogP contribution in [0.1, 0.15) is 6.42 Å². The van der Waals surface area contributed by atoms with Gasteiger partial charge in [0.15, 0.2) is 5.78 Å². The van der Waals surface area contributed by atoms with Gasteiger partial charge < -0.3 is 0 Å². The van der Waals surface area contributed by atoms with E-state index < -0.39 is 0 Å². The normalized spacial score (nSPS) is 18.0. The lowest BCUT2D eigenvalue weighted by Gasteiger charge is -1.87. The monoisotopic (exact) mass is 94.0 g/mol. The summed E-state index contributed by atoms with van der Waals surface area (Å²) < 4.78 is 0.